The summed E-state index contributed by atoms with van der Waals surface area (Å²) in [6, 6.07) is 16.6. The summed E-state index contributed by atoms with van der Waals surface area (Å²) >= 11 is 0. The molecule has 1 aliphatic heterocycles. The van der Waals surface area contributed by atoms with Gasteiger partial charge in [-0.2, -0.15) is 0 Å². The minimum Gasteiger partial charge on any atom is -0.448 e. The minimum absolute atomic E-state index is 0.0602. The summed E-state index contributed by atoms with van der Waals surface area (Å²) in [4.78, 5) is 27.5. The van der Waals surface area contributed by atoms with Crippen molar-refractivity contribution in [1.82, 2.24) is 9.80 Å². The first-order valence-corrected chi connectivity index (χ1v) is 9.20. The summed E-state index contributed by atoms with van der Waals surface area (Å²) in [5, 5.41) is 0. The Morgan fingerprint density at radius 1 is 0.926 bits per heavy atom. The Morgan fingerprint density at radius 2 is 1.44 bits per heavy atom. The highest BCUT2D eigenvalue weighted by Crippen LogP contribution is 2.44. The van der Waals surface area contributed by atoms with Gasteiger partial charge in [0.25, 0.3) is 0 Å². The number of ether oxygens (including phenoxy) is 1. The first-order chi connectivity index (χ1) is 13.2. The van der Waals surface area contributed by atoms with Gasteiger partial charge in [0.05, 0.1) is 0 Å². The zero-order valence-corrected chi connectivity index (χ0v) is 15.1. The molecule has 2 aliphatic rings. The second-order valence-electron chi connectivity index (χ2n) is 6.82. The van der Waals surface area contributed by atoms with E-state index in [0.717, 1.165) is 0 Å². The van der Waals surface area contributed by atoms with Gasteiger partial charge in [-0.25, -0.2) is 4.79 Å². The van der Waals surface area contributed by atoms with Crippen LogP contribution in [0.5, 0.6) is 0 Å². The molecule has 2 amide bonds. The minimum atomic E-state index is -0.317. The van der Waals surface area contributed by atoms with Gasteiger partial charge in [0, 0.05) is 32.1 Å². The van der Waals surface area contributed by atoms with Crippen LogP contribution >= 0.6 is 0 Å². The molecule has 1 heterocycles. The monoisotopic (exact) mass is 362 g/mol. The molecule has 5 nitrogen and oxygen atoms in total. The van der Waals surface area contributed by atoms with Crippen LogP contribution in [0.1, 0.15) is 17.0 Å². The summed E-state index contributed by atoms with van der Waals surface area (Å²) in [7, 11) is 0. The van der Waals surface area contributed by atoms with E-state index in [0.29, 0.717) is 32.8 Å². The molecule has 0 bridgehead atoms. The van der Waals surface area contributed by atoms with Crippen LogP contribution in [-0.2, 0) is 9.53 Å². The zero-order valence-electron chi connectivity index (χ0n) is 15.1. The lowest BCUT2D eigenvalue weighted by Crippen LogP contribution is -2.50. The first kappa shape index (κ1) is 17.3. The van der Waals surface area contributed by atoms with E-state index in [2.05, 4.69) is 30.8 Å². The van der Waals surface area contributed by atoms with Crippen molar-refractivity contribution >= 4 is 12.0 Å². The topological polar surface area (TPSA) is 49.9 Å². The second-order valence-corrected chi connectivity index (χ2v) is 6.82. The van der Waals surface area contributed by atoms with Crippen molar-refractivity contribution in [2.45, 2.75) is 5.92 Å². The van der Waals surface area contributed by atoms with Gasteiger partial charge in [0.15, 0.2) is 0 Å². The van der Waals surface area contributed by atoms with Gasteiger partial charge in [-0.1, -0.05) is 55.1 Å². The second kappa shape index (κ2) is 7.27. The van der Waals surface area contributed by atoms with Gasteiger partial charge in [0.2, 0.25) is 5.91 Å². The van der Waals surface area contributed by atoms with Crippen molar-refractivity contribution in [3.8, 4) is 11.1 Å². The SMILES string of the molecule is C=CC(=O)N1CCN(C(=O)OCC2c3ccccc3-c3ccccc32)CC1. The highest BCUT2D eigenvalue weighted by Gasteiger charge is 2.30. The number of nitrogens with zero attached hydrogens (tertiary/aromatic N) is 2. The summed E-state index contributed by atoms with van der Waals surface area (Å²) < 4.78 is 5.66. The third-order valence-corrected chi connectivity index (χ3v) is 5.36. The molecule has 2 aromatic rings. The van der Waals surface area contributed by atoms with Crippen molar-refractivity contribution in [3.63, 3.8) is 0 Å². The highest BCUT2D eigenvalue weighted by atomic mass is 16.6. The van der Waals surface area contributed by atoms with Crippen LogP contribution in [-0.4, -0.2) is 54.6 Å². The molecule has 1 aliphatic carbocycles. The van der Waals surface area contributed by atoms with Crippen LogP contribution in [0.25, 0.3) is 11.1 Å². The average Bonchev–Trinajstić information content (AvgIpc) is 3.05. The third kappa shape index (κ3) is 3.21. The number of rotatable bonds is 3. The van der Waals surface area contributed by atoms with Crippen molar-refractivity contribution < 1.29 is 14.3 Å². The summed E-state index contributed by atoms with van der Waals surface area (Å²) in [5.74, 6) is -0.0350. The fourth-order valence-electron chi connectivity index (χ4n) is 3.92. The van der Waals surface area contributed by atoms with Gasteiger partial charge < -0.3 is 14.5 Å². The molecular formula is C22H22N2O3. The maximum atomic E-state index is 12.5. The summed E-state index contributed by atoms with van der Waals surface area (Å²) in [6.45, 7) is 5.80. The molecule has 0 unspecified atom stereocenters. The van der Waals surface area contributed by atoms with E-state index in [1.807, 2.05) is 24.3 Å². The van der Waals surface area contributed by atoms with E-state index in [1.54, 1.807) is 9.80 Å². The van der Waals surface area contributed by atoms with Gasteiger partial charge in [-0.05, 0) is 28.3 Å². The average molecular weight is 362 g/mol. The van der Waals surface area contributed by atoms with E-state index in [9.17, 15) is 9.59 Å². The van der Waals surface area contributed by atoms with Crippen molar-refractivity contribution in [2.24, 2.45) is 0 Å². The molecule has 0 atom stereocenters. The number of hydrogen-bond donors (Lipinski definition) is 0. The predicted molar refractivity (Wildman–Crippen MR) is 103 cm³/mol. The number of benzene rings is 2. The molecule has 5 heteroatoms. The molecule has 2 aromatic carbocycles. The zero-order chi connectivity index (χ0) is 18.8. The molecule has 0 saturated carbocycles. The number of amides is 2. The lowest BCUT2D eigenvalue weighted by atomic mass is 9.98. The quantitative estimate of drug-likeness (QED) is 0.788. The number of carbonyl (C=O) groups is 2. The Hall–Kier alpha value is -3.08. The number of fused-ring (bicyclic) bond motifs is 3. The smallest absolute Gasteiger partial charge is 0.409 e. The largest absolute Gasteiger partial charge is 0.448 e. The summed E-state index contributed by atoms with van der Waals surface area (Å²) in [6.07, 6.45) is 0.991. The fourth-order valence-corrected chi connectivity index (χ4v) is 3.92. The van der Waals surface area contributed by atoms with Crippen molar-refractivity contribution in [2.75, 3.05) is 32.8 Å². The van der Waals surface area contributed by atoms with Crippen LogP contribution in [0, 0.1) is 0 Å². The highest BCUT2D eigenvalue weighted by molar-refractivity contribution is 5.87. The molecule has 0 radical (unpaired) electrons. The van der Waals surface area contributed by atoms with Gasteiger partial charge in [-0.3, -0.25) is 4.79 Å². The van der Waals surface area contributed by atoms with E-state index in [1.165, 1.54) is 28.3 Å². The number of carbonyl (C=O) groups excluding carboxylic acids is 2. The van der Waals surface area contributed by atoms with Gasteiger partial charge in [0.1, 0.15) is 6.61 Å². The Morgan fingerprint density at radius 3 is 2.00 bits per heavy atom. The molecule has 138 valence electrons. The maximum absolute atomic E-state index is 12.5. The van der Waals surface area contributed by atoms with Crippen LogP contribution in [0.3, 0.4) is 0 Å². The van der Waals surface area contributed by atoms with Crippen molar-refractivity contribution in [1.29, 1.82) is 0 Å². The Bertz CT molecular complexity index is 839. The Balaban J connectivity index is 1.41. The van der Waals surface area contributed by atoms with E-state index in [4.69, 9.17) is 4.74 Å². The molecular weight excluding hydrogens is 340 g/mol. The van der Waals surface area contributed by atoms with E-state index < -0.39 is 0 Å². The van der Waals surface area contributed by atoms with Gasteiger partial charge in [-0.15, -0.1) is 0 Å². The molecule has 4 rings (SSSR count). The van der Waals surface area contributed by atoms with Crippen LogP contribution in [0.4, 0.5) is 4.79 Å². The number of piperazine rings is 1. The molecule has 0 aromatic heterocycles. The Labute approximate surface area is 158 Å². The molecule has 1 fully saturated rings. The molecule has 1 saturated heterocycles. The third-order valence-electron chi connectivity index (χ3n) is 5.36. The normalized spacial score (nSPS) is 15.9. The lowest BCUT2D eigenvalue weighted by molar-refractivity contribution is -0.127. The number of hydrogen-bond acceptors (Lipinski definition) is 3. The standard InChI is InChI=1S/C22H22N2O3/c1-2-21(25)23-11-13-24(14-12-23)22(26)27-15-20-18-9-5-3-7-16(18)17-8-4-6-10-19(17)20/h2-10,20H,1,11-15H2. The van der Waals surface area contributed by atoms with Gasteiger partial charge >= 0.3 is 6.09 Å². The van der Waals surface area contributed by atoms with Crippen LogP contribution in [0.2, 0.25) is 0 Å². The summed E-state index contributed by atoms with van der Waals surface area (Å²) in [5.41, 5.74) is 4.83. The Kier molecular flexibility index (Phi) is 4.67. The van der Waals surface area contributed by atoms with E-state index >= 15 is 0 Å². The van der Waals surface area contributed by atoms with Crippen LogP contribution < -0.4 is 0 Å². The maximum Gasteiger partial charge on any atom is 0.409 e. The molecule has 0 N–H and O–H groups in total. The molecule has 27 heavy (non-hydrogen) atoms. The van der Waals surface area contributed by atoms with E-state index in [-0.39, 0.29) is 17.9 Å². The fraction of sp³-hybridized carbons (Fsp3) is 0.273. The van der Waals surface area contributed by atoms with Crippen LogP contribution in [0.15, 0.2) is 61.2 Å². The lowest BCUT2D eigenvalue weighted by Gasteiger charge is -2.33. The predicted octanol–water partition coefficient (Wildman–Crippen LogP) is 3.27. The molecule has 0 spiro atoms. The van der Waals surface area contributed by atoms with Crippen molar-refractivity contribution in [3.05, 3.63) is 72.3 Å². The first-order valence-electron chi connectivity index (χ1n) is 9.20.